The molecule has 0 heterocycles. The molecule has 2 atom stereocenters. The molecule has 20 heavy (non-hydrogen) atoms. The van der Waals surface area contributed by atoms with Crippen LogP contribution in [0.4, 0.5) is 5.69 Å². The lowest BCUT2D eigenvalue weighted by atomic mass is 9.94. The van der Waals surface area contributed by atoms with Crippen molar-refractivity contribution in [1.82, 2.24) is 0 Å². The van der Waals surface area contributed by atoms with Crippen molar-refractivity contribution in [2.24, 2.45) is 17.6 Å². The van der Waals surface area contributed by atoms with Gasteiger partial charge in [-0.15, -0.1) is 12.4 Å². The van der Waals surface area contributed by atoms with Gasteiger partial charge in [-0.25, -0.2) is 0 Å². The van der Waals surface area contributed by atoms with Crippen molar-refractivity contribution < 1.29 is 4.79 Å². The first-order valence-electron chi connectivity index (χ1n) is 6.78. The Kier molecular flexibility index (Phi) is 6.31. The molecule has 1 saturated carbocycles. The standard InChI is InChI=1S/C15H21ClN2O.ClH/c1-10-6-7-12(8-14(10)16)18(2)15(19)13-5-3-4-11(13)9-17;/h6-8,11,13H,3-5,9,17H2,1-2H3;1H/t11-,13-;/m1./s1. The predicted octanol–water partition coefficient (Wildman–Crippen LogP) is 3.41. The number of amides is 1. The summed E-state index contributed by atoms with van der Waals surface area (Å²) >= 11 is 6.12. The summed E-state index contributed by atoms with van der Waals surface area (Å²) < 4.78 is 0. The molecule has 0 saturated heterocycles. The molecule has 0 spiro atoms. The van der Waals surface area contributed by atoms with E-state index in [1.807, 2.05) is 32.2 Å². The largest absolute Gasteiger partial charge is 0.330 e. The minimum atomic E-state index is 0. The van der Waals surface area contributed by atoms with Crippen molar-refractivity contribution in [3.63, 3.8) is 0 Å². The van der Waals surface area contributed by atoms with E-state index >= 15 is 0 Å². The van der Waals surface area contributed by atoms with Crippen LogP contribution in [0.15, 0.2) is 18.2 Å². The topological polar surface area (TPSA) is 46.3 Å². The van der Waals surface area contributed by atoms with Crippen LogP contribution in [0.1, 0.15) is 24.8 Å². The maximum atomic E-state index is 12.5. The van der Waals surface area contributed by atoms with Gasteiger partial charge in [0.2, 0.25) is 5.91 Å². The quantitative estimate of drug-likeness (QED) is 0.928. The van der Waals surface area contributed by atoms with E-state index in [4.69, 9.17) is 17.3 Å². The second kappa shape index (κ2) is 7.30. The van der Waals surface area contributed by atoms with Crippen LogP contribution in [0.2, 0.25) is 5.02 Å². The molecule has 2 rings (SSSR count). The molecule has 3 nitrogen and oxygen atoms in total. The van der Waals surface area contributed by atoms with Gasteiger partial charge in [-0.3, -0.25) is 4.79 Å². The van der Waals surface area contributed by atoms with Gasteiger partial charge in [0.15, 0.2) is 0 Å². The predicted molar refractivity (Wildman–Crippen MR) is 86.7 cm³/mol. The summed E-state index contributed by atoms with van der Waals surface area (Å²) in [5.74, 6) is 0.554. The van der Waals surface area contributed by atoms with Crippen molar-refractivity contribution in [3.05, 3.63) is 28.8 Å². The number of carbonyl (C=O) groups is 1. The third-order valence-electron chi connectivity index (χ3n) is 4.15. The molecule has 1 aliphatic rings. The molecule has 0 aliphatic heterocycles. The van der Waals surface area contributed by atoms with E-state index in [0.717, 1.165) is 30.5 Å². The molecule has 1 aromatic carbocycles. The number of anilines is 1. The van der Waals surface area contributed by atoms with Crippen LogP contribution in [-0.2, 0) is 4.79 Å². The van der Waals surface area contributed by atoms with Crippen LogP contribution >= 0.6 is 24.0 Å². The lowest BCUT2D eigenvalue weighted by Crippen LogP contribution is -2.36. The zero-order valence-corrected chi connectivity index (χ0v) is 13.5. The van der Waals surface area contributed by atoms with Gasteiger partial charge in [-0.1, -0.05) is 24.1 Å². The van der Waals surface area contributed by atoms with Crippen molar-refractivity contribution in [2.75, 3.05) is 18.5 Å². The molecule has 0 unspecified atom stereocenters. The van der Waals surface area contributed by atoms with E-state index in [2.05, 4.69) is 0 Å². The van der Waals surface area contributed by atoms with E-state index in [0.29, 0.717) is 17.5 Å². The average Bonchev–Trinajstić information content (AvgIpc) is 2.88. The summed E-state index contributed by atoms with van der Waals surface area (Å²) in [6, 6.07) is 5.73. The van der Waals surface area contributed by atoms with Crippen LogP contribution in [0, 0.1) is 18.8 Å². The maximum Gasteiger partial charge on any atom is 0.230 e. The SMILES string of the molecule is Cc1ccc(N(C)C(=O)[C@@H]2CCC[C@@H]2CN)cc1Cl.Cl. The summed E-state index contributed by atoms with van der Waals surface area (Å²) in [5, 5.41) is 0.693. The van der Waals surface area contributed by atoms with Crippen molar-refractivity contribution >= 4 is 35.6 Å². The minimum absolute atomic E-state index is 0. The number of hydrogen-bond donors (Lipinski definition) is 1. The summed E-state index contributed by atoms with van der Waals surface area (Å²) in [4.78, 5) is 14.3. The third kappa shape index (κ3) is 3.46. The first-order valence-corrected chi connectivity index (χ1v) is 7.16. The van der Waals surface area contributed by atoms with Gasteiger partial charge in [0.05, 0.1) is 0 Å². The van der Waals surface area contributed by atoms with E-state index in [1.165, 1.54) is 0 Å². The highest BCUT2D eigenvalue weighted by Gasteiger charge is 2.34. The summed E-state index contributed by atoms with van der Waals surface area (Å²) in [6.07, 6.45) is 3.11. The Labute approximate surface area is 131 Å². The molecule has 5 heteroatoms. The van der Waals surface area contributed by atoms with Crippen LogP contribution < -0.4 is 10.6 Å². The number of rotatable bonds is 3. The highest BCUT2D eigenvalue weighted by molar-refractivity contribution is 6.31. The lowest BCUT2D eigenvalue weighted by Gasteiger charge is -2.25. The highest BCUT2D eigenvalue weighted by Crippen LogP contribution is 2.33. The Bertz CT molecular complexity index is 479. The van der Waals surface area contributed by atoms with E-state index in [9.17, 15) is 4.79 Å². The Morgan fingerprint density at radius 2 is 2.15 bits per heavy atom. The minimum Gasteiger partial charge on any atom is -0.330 e. The normalized spacial score (nSPS) is 21.4. The second-order valence-corrected chi connectivity index (χ2v) is 5.77. The number of hydrogen-bond acceptors (Lipinski definition) is 2. The molecule has 112 valence electrons. The highest BCUT2D eigenvalue weighted by atomic mass is 35.5. The Morgan fingerprint density at radius 3 is 2.75 bits per heavy atom. The van der Waals surface area contributed by atoms with Crippen molar-refractivity contribution in [3.8, 4) is 0 Å². The number of aryl methyl sites for hydroxylation is 1. The van der Waals surface area contributed by atoms with Crippen LogP contribution in [0.3, 0.4) is 0 Å². The zero-order chi connectivity index (χ0) is 14.0. The summed E-state index contributed by atoms with van der Waals surface area (Å²) in [6.45, 7) is 2.55. The fraction of sp³-hybridized carbons (Fsp3) is 0.533. The first-order chi connectivity index (χ1) is 9.04. The molecule has 0 aromatic heterocycles. The molecule has 2 N–H and O–H groups in total. The van der Waals surface area contributed by atoms with Gasteiger partial charge in [-0.05, 0) is 49.9 Å². The average molecular weight is 317 g/mol. The molecular formula is C15H22Cl2N2O. The number of nitrogens with two attached hydrogens (primary N) is 1. The van der Waals surface area contributed by atoms with Gasteiger partial charge in [0.25, 0.3) is 0 Å². The maximum absolute atomic E-state index is 12.5. The van der Waals surface area contributed by atoms with Gasteiger partial charge in [0, 0.05) is 23.7 Å². The molecule has 0 bridgehead atoms. The fourth-order valence-electron chi connectivity index (χ4n) is 2.81. The fourth-order valence-corrected chi connectivity index (χ4v) is 2.99. The number of benzene rings is 1. The lowest BCUT2D eigenvalue weighted by molar-refractivity contribution is -0.123. The van der Waals surface area contributed by atoms with Crippen LogP contribution in [0.25, 0.3) is 0 Å². The van der Waals surface area contributed by atoms with Gasteiger partial charge < -0.3 is 10.6 Å². The molecule has 1 amide bonds. The summed E-state index contributed by atoms with van der Waals surface area (Å²) in [7, 11) is 1.81. The van der Waals surface area contributed by atoms with Crippen molar-refractivity contribution in [1.29, 1.82) is 0 Å². The van der Waals surface area contributed by atoms with Gasteiger partial charge >= 0.3 is 0 Å². The monoisotopic (exact) mass is 316 g/mol. The number of carbonyl (C=O) groups excluding carboxylic acids is 1. The molecule has 0 radical (unpaired) electrons. The Morgan fingerprint density at radius 1 is 1.45 bits per heavy atom. The summed E-state index contributed by atoms with van der Waals surface area (Å²) in [5.41, 5.74) is 7.62. The zero-order valence-electron chi connectivity index (χ0n) is 11.9. The van der Waals surface area contributed by atoms with Crippen molar-refractivity contribution in [2.45, 2.75) is 26.2 Å². The molecule has 1 aliphatic carbocycles. The van der Waals surface area contributed by atoms with E-state index in [-0.39, 0.29) is 24.2 Å². The first kappa shape index (κ1) is 17.3. The molecule has 1 aromatic rings. The van der Waals surface area contributed by atoms with Gasteiger partial charge in [-0.2, -0.15) is 0 Å². The molecular weight excluding hydrogens is 295 g/mol. The van der Waals surface area contributed by atoms with Crippen LogP contribution in [0.5, 0.6) is 0 Å². The number of nitrogens with zero attached hydrogens (tertiary/aromatic N) is 1. The van der Waals surface area contributed by atoms with Crippen LogP contribution in [-0.4, -0.2) is 19.5 Å². The smallest absolute Gasteiger partial charge is 0.230 e. The second-order valence-electron chi connectivity index (χ2n) is 5.36. The Hall–Kier alpha value is -0.770. The number of halogens is 2. The van der Waals surface area contributed by atoms with E-state index < -0.39 is 0 Å². The van der Waals surface area contributed by atoms with Gasteiger partial charge in [0.1, 0.15) is 0 Å². The Balaban J connectivity index is 0.00000200. The third-order valence-corrected chi connectivity index (χ3v) is 4.56. The van der Waals surface area contributed by atoms with E-state index in [1.54, 1.807) is 4.90 Å². The molecule has 1 fully saturated rings.